The lowest BCUT2D eigenvalue weighted by atomic mass is 10.0. The van der Waals surface area contributed by atoms with Gasteiger partial charge in [0.2, 0.25) is 5.91 Å². The number of aromatic nitrogens is 1. The highest BCUT2D eigenvalue weighted by molar-refractivity contribution is 7.22. The van der Waals surface area contributed by atoms with Gasteiger partial charge in [-0.25, -0.2) is 4.98 Å². The molecular formula is C25H26N2O2S. The molecule has 4 nitrogen and oxygen atoms in total. The second kappa shape index (κ2) is 8.44. The third-order valence-electron chi connectivity index (χ3n) is 5.25. The lowest BCUT2D eigenvalue weighted by Gasteiger charge is -2.19. The fraction of sp³-hybridized carbons (Fsp3) is 0.280. The standard InChI is InChI=1S/C25H26N2O2S/c1-16(2)20-9-7-19(8-10-20)14-23(28)27(15-21-6-5-11-29-21)25-26-24-18(4)12-17(3)13-22(24)30-25/h5-13,16H,14-15H2,1-4H3. The molecule has 0 spiro atoms. The van der Waals surface area contributed by atoms with E-state index >= 15 is 0 Å². The Balaban J connectivity index is 1.65. The number of fused-ring (bicyclic) bond motifs is 1. The highest BCUT2D eigenvalue weighted by atomic mass is 32.1. The summed E-state index contributed by atoms with van der Waals surface area (Å²) in [5, 5.41) is 0.707. The first-order valence-corrected chi connectivity index (χ1v) is 11.0. The first-order chi connectivity index (χ1) is 14.4. The Kier molecular flexibility index (Phi) is 5.73. The first kappa shape index (κ1) is 20.4. The van der Waals surface area contributed by atoms with Crippen molar-refractivity contribution in [3.63, 3.8) is 0 Å². The normalized spacial score (nSPS) is 11.4. The summed E-state index contributed by atoms with van der Waals surface area (Å²) in [6, 6.07) is 16.3. The number of amides is 1. The van der Waals surface area contributed by atoms with Gasteiger partial charge >= 0.3 is 0 Å². The SMILES string of the molecule is Cc1cc(C)c2nc(N(Cc3ccco3)C(=O)Cc3ccc(C(C)C)cc3)sc2c1. The lowest BCUT2D eigenvalue weighted by Crippen LogP contribution is -2.31. The summed E-state index contributed by atoms with van der Waals surface area (Å²) in [4.78, 5) is 19.9. The van der Waals surface area contributed by atoms with Gasteiger partial charge < -0.3 is 4.42 Å². The summed E-state index contributed by atoms with van der Waals surface area (Å²) in [7, 11) is 0. The van der Waals surface area contributed by atoms with Crippen molar-refractivity contribution in [1.29, 1.82) is 0 Å². The summed E-state index contributed by atoms with van der Waals surface area (Å²) in [6.07, 6.45) is 1.96. The van der Waals surface area contributed by atoms with Crippen LogP contribution in [0.25, 0.3) is 10.2 Å². The van der Waals surface area contributed by atoms with Gasteiger partial charge in [0, 0.05) is 0 Å². The topological polar surface area (TPSA) is 46.3 Å². The predicted octanol–water partition coefficient (Wildman–Crippen LogP) is 6.41. The number of benzene rings is 2. The molecule has 0 bridgehead atoms. The van der Waals surface area contributed by atoms with E-state index in [1.165, 1.54) is 11.1 Å². The molecule has 0 aliphatic heterocycles. The quantitative estimate of drug-likeness (QED) is 0.364. The molecule has 5 heteroatoms. The molecule has 2 heterocycles. The molecule has 30 heavy (non-hydrogen) atoms. The number of hydrogen-bond donors (Lipinski definition) is 0. The Bertz CT molecular complexity index is 1160. The number of furan rings is 1. The van der Waals surface area contributed by atoms with E-state index in [0.29, 0.717) is 24.0 Å². The van der Waals surface area contributed by atoms with Crippen LogP contribution in [0.5, 0.6) is 0 Å². The molecule has 0 aliphatic rings. The Morgan fingerprint density at radius 1 is 1.13 bits per heavy atom. The molecule has 1 amide bonds. The zero-order valence-corrected chi connectivity index (χ0v) is 18.6. The summed E-state index contributed by atoms with van der Waals surface area (Å²) >= 11 is 1.55. The van der Waals surface area contributed by atoms with E-state index in [2.05, 4.69) is 52.0 Å². The van der Waals surface area contributed by atoms with E-state index in [0.717, 1.165) is 27.1 Å². The fourth-order valence-corrected chi connectivity index (χ4v) is 4.74. The maximum absolute atomic E-state index is 13.3. The van der Waals surface area contributed by atoms with Crippen LogP contribution < -0.4 is 4.90 Å². The maximum Gasteiger partial charge on any atom is 0.233 e. The average Bonchev–Trinajstić information content (AvgIpc) is 3.36. The maximum atomic E-state index is 13.3. The number of anilines is 1. The van der Waals surface area contributed by atoms with E-state index in [1.54, 1.807) is 22.5 Å². The van der Waals surface area contributed by atoms with E-state index < -0.39 is 0 Å². The fourth-order valence-electron chi connectivity index (χ4n) is 3.59. The van der Waals surface area contributed by atoms with Crippen LogP contribution in [0.3, 0.4) is 0 Å². The van der Waals surface area contributed by atoms with Crippen molar-refractivity contribution in [1.82, 2.24) is 4.98 Å². The van der Waals surface area contributed by atoms with Gasteiger partial charge in [-0.3, -0.25) is 9.69 Å². The van der Waals surface area contributed by atoms with Crippen LogP contribution >= 0.6 is 11.3 Å². The second-order valence-corrected chi connectivity index (χ2v) is 9.07. The van der Waals surface area contributed by atoms with E-state index in [4.69, 9.17) is 9.40 Å². The predicted molar refractivity (Wildman–Crippen MR) is 123 cm³/mol. The number of hydrogen-bond acceptors (Lipinski definition) is 4. The van der Waals surface area contributed by atoms with Gasteiger partial charge in [0.25, 0.3) is 0 Å². The van der Waals surface area contributed by atoms with E-state index in [9.17, 15) is 4.79 Å². The molecule has 2 aromatic heterocycles. The highest BCUT2D eigenvalue weighted by Crippen LogP contribution is 2.33. The highest BCUT2D eigenvalue weighted by Gasteiger charge is 2.22. The first-order valence-electron chi connectivity index (χ1n) is 10.2. The summed E-state index contributed by atoms with van der Waals surface area (Å²) in [6.45, 7) is 8.85. The molecule has 4 rings (SSSR count). The smallest absolute Gasteiger partial charge is 0.233 e. The number of thiazole rings is 1. The van der Waals surface area contributed by atoms with Gasteiger partial charge in [-0.2, -0.15) is 0 Å². The Hall–Kier alpha value is -2.92. The third kappa shape index (κ3) is 4.31. The molecule has 0 fully saturated rings. The van der Waals surface area contributed by atoms with Crippen molar-refractivity contribution in [3.8, 4) is 0 Å². The number of carbonyl (C=O) groups is 1. The van der Waals surface area contributed by atoms with Gasteiger partial charge in [-0.15, -0.1) is 0 Å². The minimum Gasteiger partial charge on any atom is -0.467 e. The van der Waals surface area contributed by atoms with Gasteiger partial charge in [0.05, 0.1) is 29.4 Å². The number of aryl methyl sites for hydroxylation is 2. The molecule has 2 aromatic carbocycles. The minimum atomic E-state index is 0.0112. The van der Waals surface area contributed by atoms with Crippen LogP contribution in [0.2, 0.25) is 0 Å². The van der Waals surface area contributed by atoms with Crippen LogP contribution in [0.15, 0.2) is 59.2 Å². The molecule has 0 saturated carbocycles. The molecule has 154 valence electrons. The molecule has 4 aromatic rings. The van der Waals surface area contributed by atoms with Crippen LogP contribution in [-0.4, -0.2) is 10.9 Å². The summed E-state index contributed by atoms with van der Waals surface area (Å²) in [5.41, 5.74) is 5.56. The molecule has 0 unspecified atom stereocenters. The van der Waals surface area contributed by atoms with Gasteiger partial charge in [0.1, 0.15) is 5.76 Å². The van der Waals surface area contributed by atoms with Gasteiger partial charge in [-0.1, -0.05) is 55.5 Å². The van der Waals surface area contributed by atoms with Crippen molar-refractivity contribution < 1.29 is 9.21 Å². The number of nitrogens with zero attached hydrogens (tertiary/aromatic N) is 2. The van der Waals surface area contributed by atoms with Gasteiger partial charge in [0.15, 0.2) is 5.13 Å². The van der Waals surface area contributed by atoms with Crippen molar-refractivity contribution in [2.45, 2.75) is 46.6 Å². The van der Waals surface area contributed by atoms with Crippen molar-refractivity contribution in [3.05, 3.63) is 82.8 Å². The minimum absolute atomic E-state index is 0.0112. The van der Waals surface area contributed by atoms with Gasteiger partial charge in [-0.05, 0) is 60.2 Å². The zero-order chi connectivity index (χ0) is 21.3. The molecule has 0 N–H and O–H groups in total. The lowest BCUT2D eigenvalue weighted by molar-refractivity contribution is -0.118. The Morgan fingerprint density at radius 2 is 1.90 bits per heavy atom. The van der Waals surface area contributed by atoms with Crippen molar-refractivity contribution in [2.24, 2.45) is 0 Å². The monoisotopic (exact) mass is 418 g/mol. The third-order valence-corrected chi connectivity index (χ3v) is 6.27. The molecule has 0 saturated heterocycles. The molecular weight excluding hydrogens is 392 g/mol. The molecule has 0 radical (unpaired) electrons. The average molecular weight is 419 g/mol. The van der Waals surface area contributed by atoms with Crippen LogP contribution in [-0.2, 0) is 17.8 Å². The molecule has 0 atom stereocenters. The van der Waals surface area contributed by atoms with Crippen LogP contribution in [0.4, 0.5) is 5.13 Å². The second-order valence-electron chi connectivity index (χ2n) is 8.06. The molecule has 0 aliphatic carbocycles. The van der Waals surface area contributed by atoms with E-state index in [-0.39, 0.29) is 5.91 Å². The Labute approximate surface area is 181 Å². The van der Waals surface area contributed by atoms with Crippen LogP contribution in [0.1, 0.15) is 47.8 Å². The van der Waals surface area contributed by atoms with Crippen LogP contribution in [0, 0.1) is 13.8 Å². The van der Waals surface area contributed by atoms with Crippen molar-refractivity contribution in [2.75, 3.05) is 4.90 Å². The number of rotatable bonds is 6. The van der Waals surface area contributed by atoms with Crippen molar-refractivity contribution >= 4 is 32.6 Å². The Morgan fingerprint density at radius 3 is 2.57 bits per heavy atom. The van der Waals surface area contributed by atoms with E-state index in [1.807, 2.05) is 24.3 Å². The summed E-state index contributed by atoms with van der Waals surface area (Å²) in [5.74, 6) is 1.22. The largest absolute Gasteiger partial charge is 0.467 e. The zero-order valence-electron chi connectivity index (χ0n) is 17.8. The number of carbonyl (C=O) groups excluding carboxylic acids is 1. The summed E-state index contributed by atoms with van der Waals surface area (Å²) < 4.78 is 6.63.